The van der Waals surface area contributed by atoms with Gasteiger partial charge in [-0.1, -0.05) is 52.4 Å². The molecule has 1 atom stereocenters. The minimum absolute atomic E-state index is 0. The molecule has 0 aromatic heterocycles. The Labute approximate surface area is 155 Å². The molecule has 0 aliphatic heterocycles. The van der Waals surface area contributed by atoms with Gasteiger partial charge >= 0.3 is 59.2 Å². The summed E-state index contributed by atoms with van der Waals surface area (Å²) in [7, 11) is -4.30. The van der Waals surface area contributed by atoms with Gasteiger partial charge in [-0.2, -0.15) is 0 Å². The van der Waals surface area contributed by atoms with Crippen LogP contribution in [0.25, 0.3) is 0 Å². The van der Waals surface area contributed by atoms with Crippen molar-refractivity contribution in [3.05, 3.63) is 0 Å². The standard InChI is InChI=1S/C12H27O4P.K.H/c1-3-5-7-8-10-12(9-6-4-2)11-16-17(13,14)15;;/h12H,3-11H2,1-2H3,(H2,13,14,15);;/q;+1;-1. The van der Waals surface area contributed by atoms with E-state index in [2.05, 4.69) is 18.4 Å². The van der Waals surface area contributed by atoms with Crippen LogP contribution in [-0.4, -0.2) is 16.4 Å². The van der Waals surface area contributed by atoms with E-state index in [4.69, 9.17) is 9.79 Å². The zero-order valence-corrected chi connectivity index (χ0v) is 16.1. The van der Waals surface area contributed by atoms with Crippen molar-refractivity contribution in [2.75, 3.05) is 6.61 Å². The van der Waals surface area contributed by atoms with Crippen LogP contribution in [0.5, 0.6) is 0 Å². The van der Waals surface area contributed by atoms with E-state index in [0.29, 0.717) is 5.92 Å². The van der Waals surface area contributed by atoms with Gasteiger partial charge in [-0.05, 0) is 18.8 Å². The van der Waals surface area contributed by atoms with Crippen LogP contribution in [0.15, 0.2) is 0 Å². The van der Waals surface area contributed by atoms with Crippen LogP contribution in [0.1, 0.15) is 66.6 Å². The summed E-state index contributed by atoms with van der Waals surface area (Å²) in [5.74, 6) is 0.291. The molecular formula is C12H28KO4P. The van der Waals surface area contributed by atoms with Gasteiger partial charge in [0.2, 0.25) is 0 Å². The molecule has 0 radical (unpaired) electrons. The van der Waals surface area contributed by atoms with Crippen molar-refractivity contribution in [2.24, 2.45) is 5.92 Å². The second-order valence-electron chi connectivity index (χ2n) is 4.64. The van der Waals surface area contributed by atoms with E-state index in [1.807, 2.05) is 0 Å². The molecule has 2 N–H and O–H groups in total. The van der Waals surface area contributed by atoms with Gasteiger partial charge in [0.1, 0.15) is 0 Å². The Morgan fingerprint density at radius 3 is 2.11 bits per heavy atom. The fourth-order valence-corrected chi connectivity index (χ4v) is 2.27. The first-order valence-electron chi connectivity index (χ1n) is 6.69. The molecule has 0 bridgehead atoms. The molecule has 0 fully saturated rings. The molecule has 0 rings (SSSR count). The Bertz CT molecular complexity index is 226. The molecule has 0 aliphatic carbocycles. The van der Waals surface area contributed by atoms with Crippen LogP contribution in [0.4, 0.5) is 0 Å². The first-order valence-corrected chi connectivity index (χ1v) is 8.22. The Morgan fingerprint density at radius 1 is 1.06 bits per heavy atom. The third-order valence-corrected chi connectivity index (χ3v) is 3.40. The van der Waals surface area contributed by atoms with E-state index in [-0.39, 0.29) is 59.4 Å². The number of phosphoric acid groups is 1. The minimum Gasteiger partial charge on any atom is -1.00 e. The molecule has 106 valence electrons. The molecule has 0 saturated carbocycles. The van der Waals surface area contributed by atoms with Crippen molar-refractivity contribution < 1.29 is 71.7 Å². The largest absolute Gasteiger partial charge is 1.00 e. The van der Waals surface area contributed by atoms with Crippen molar-refractivity contribution in [1.82, 2.24) is 0 Å². The van der Waals surface area contributed by atoms with E-state index >= 15 is 0 Å². The average molecular weight is 306 g/mol. The second kappa shape index (κ2) is 13.7. The zero-order chi connectivity index (χ0) is 13.1. The van der Waals surface area contributed by atoms with E-state index in [1.165, 1.54) is 19.3 Å². The topological polar surface area (TPSA) is 66.8 Å². The van der Waals surface area contributed by atoms with Crippen molar-refractivity contribution in [1.29, 1.82) is 0 Å². The second-order valence-corrected chi connectivity index (χ2v) is 5.88. The fraction of sp³-hybridized carbons (Fsp3) is 1.00. The first kappa shape index (κ1) is 22.0. The summed E-state index contributed by atoms with van der Waals surface area (Å²) < 4.78 is 15.3. The monoisotopic (exact) mass is 306 g/mol. The van der Waals surface area contributed by atoms with E-state index in [9.17, 15) is 4.57 Å². The summed E-state index contributed by atoms with van der Waals surface area (Å²) in [5.41, 5.74) is 0. The van der Waals surface area contributed by atoms with Crippen molar-refractivity contribution in [3.63, 3.8) is 0 Å². The van der Waals surface area contributed by atoms with Crippen molar-refractivity contribution >= 4 is 7.82 Å². The molecule has 0 saturated heterocycles. The maximum atomic E-state index is 10.7. The van der Waals surface area contributed by atoms with Crippen LogP contribution >= 0.6 is 7.82 Å². The van der Waals surface area contributed by atoms with Crippen LogP contribution < -0.4 is 51.4 Å². The maximum absolute atomic E-state index is 10.7. The number of hydrogen-bond acceptors (Lipinski definition) is 2. The summed E-state index contributed by atoms with van der Waals surface area (Å²) in [6.45, 7) is 4.49. The van der Waals surface area contributed by atoms with Crippen molar-refractivity contribution in [2.45, 2.75) is 65.2 Å². The summed E-state index contributed by atoms with van der Waals surface area (Å²) in [4.78, 5) is 17.4. The zero-order valence-electron chi connectivity index (χ0n) is 13.1. The molecule has 0 aromatic rings. The fourth-order valence-electron chi connectivity index (χ4n) is 1.87. The van der Waals surface area contributed by atoms with E-state index < -0.39 is 7.82 Å². The predicted molar refractivity (Wildman–Crippen MR) is 70.9 cm³/mol. The number of hydrogen-bond donors (Lipinski definition) is 2. The Morgan fingerprint density at radius 2 is 1.61 bits per heavy atom. The quantitative estimate of drug-likeness (QED) is 0.339. The summed E-state index contributed by atoms with van der Waals surface area (Å²) >= 11 is 0. The third-order valence-electron chi connectivity index (χ3n) is 2.91. The van der Waals surface area contributed by atoms with Crippen molar-refractivity contribution in [3.8, 4) is 0 Å². The van der Waals surface area contributed by atoms with Gasteiger partial charge < -0.3 is 11.2 Å². The molecule has 0 aromatic carbocycles. The minimum atomic E-state index is -4.30. The molecule has 0 heterocycles. The molecule has 1 unspecified atom stereocenters. The van der Waals surface area contributed by atoms with Gasteiger partial charge in [0, 0.05) is 0 Å². The Balaban J connectivity index is -0.00000128. The van der Waals surface area contributed by atoms with Gasteiger partial charge in [-0.25, -0.2) is 4.57 Å². The van der Waals surface area contributed by atoms with Crippen LogP contribution in [0, 0.1) is 5.92 Å². The molecule has 0 spiro atoms. The molecular weight excluding hydrogens is 278 g/mol. The number of unbranched alkanes of at least 4 members (excludes halogenated alkanes) is 4. The van der Waals surface area contributed by atoms with E-state index in [0.717, 1.165) is 32.1 Å². The smallest absolute Gasteiger partial charge is 1.00 e. The van der Waals surface area contributed by atoms with Gasteiger partial charge in [-0.15, -0.1) is 0 Å². The third kappa shape index (κ3) is 15.8. The Hall–Kier alpha value is 1.75. The van der Waals surface area contributed by atoms with Gasteiger partial charge in [0.05, 0.1) is 6.61 Å². The Kier molecular flexibility index (Phi) is 16.8. The van der Waals surface area contributed by atoms with Gasteiger partial charge in [0.15, 0.2) is 0 Å². The predicted octanol–water partition coefficient (Wildman–Crippen LogP) is 0.989. The first-order chi connectivity index (χ1) is 7.99. The summed E-state index contributed by atoms with van der Waals surface area (Å²) in [6.07, 6.45) is 9.01. The summed E-state index contributed by atoms with van der Waals surface area (Å²) in [5, 5.41) is 0. The SMILES string of the molecule is CCCCCCC(CCCC)COP(=O)(O)O.[H-].[K+]. The van der Waals surface area contributed by atoms with Gasteiger partial charge in [-0.3, -0.25) is 4.52 Å². The molecule has 0 aliphatic rings. The molecule has 0 amide bonds. The van der Waals surface area contributed by atoms with Crippen LogP contribution in [0.3, 0.4) is 0 Å². The molecule has 18 heavy (non-hydrogen) atoms. The molecule has 4 nitrogen and oxygen atoms in total. The normalized spacial score (nSPS) is 13.1. The summed E-state index contributed by atoms with van der Waals surface area (Å²) in [6, 6.07) is 0. The van der Waals surface area contributed by atoms with Crippen LogP contribution in [0.2, 0.25) is 0 Å². The molecule has 6 heteroatoms. The maximum Gasteiger partial charge on any atom is 1.00 e. The van der Waals surface area contributed by atoms with E-state index in [1.54, 1.807) is 0 Å². The van der Waals surface area contributed by atoms with Gasteiger partial charge in [0.25, 0.3) is 0 Å². The van der Waals surface area contributed by atoms with Crippen LogP contribution in [-0.2, 0) is 9.09 Å². The number of rotatable bonds is 11. The number of phosphoric ester groups is 1. The average Bonchev–Trinajstić information content (AvgIpc) is 2.25.